The zero-order valence-electron chi connectivity index (χ0n) is 19.9. The van der Waals surface area contributed by atoms with Gasteiger partial charge in [-0.05, 0) is 63.9 Å². The highest BCUT2D eigenvalue weighted by Gasteiger charge is 2.23. The second-order valence-electron chi connectivity index (χ2n) is 8.19. The molecule has 176 valence electrons. The Balaban J connectivity index is 1.52. The predicted octanol–water partition coefficient (Wildman–Crippen LogP) is 3.52. The number of para-hydroxylation sites is 1. The molecule has 34 heavy (non-hydrogen) atoms. The maximum Gasteiger partial charge on any atom is 0.278 e. The maximum absolute atomic E-state index is 13.3. The Labute approximate surface area is 198 Å². The molecule has 0 aliphatic heterocycles. The molecule has 1 atom stereocenters. The largest absolute Gasteiger partial charge is 0.494 e. The fraction of sp³-hybridized carbons (Fsp3) is 0.308. The first-order chi connectivity index (χ1) is 16.4. The molecular weight excluding hydrogens is 430 g/mol. The zero-order valence-corrected chi connectivity index (χ0v) is 19.9. The summed E-state index contributed by atoms with van der Waals surface area (Å²) in [7, 11) is 0. The van der Waals surface area contributed by atoms with Crippen molar-refractivity contribution in [1.82, 2.24) is 24.9 Å². The van der Waals surface area contributed by atoms with Crippen LogP contribution in [0.25, 0.3) is 16.6 Å². The van der Waals surface area contributed by atoms with Crippen molar-refractivity contribution in [3.63, 3.8) is 0 Å². The molecule has 0 saturated carbocycles. The molecule has 2 heterocycles. The third-order valence-corrected chi connectivity index (χ3v) is 5.83. The normalized spacial score (nSPS) is 12.0. The summed E-state index contributed by atoms with van der Waals surface area (Å²) >= 11 is 0. The molecule has 1 N–H and O–H groups in total. The van der Waals surface area contributed by atoms with E-state index in [1.54, 1.807) is 18.5 Å². The van der Waals surface area contributed by atoms with Crippen molar-refractivity contribution in [2.45, 2.75) is 40.2 Å². The topological polar surface area (TPSA) is 91.0 Å². The fourth-order valence-corrected chi connectivity index (χ4v) is 3.97. The van der Waals surface area contributed by atoms with Gasteiger partial charge in [0.2, 0.25) is 5.91 Å². The van der Waals surface area contributed by atoms with Crippen molar-refractivity contribution in [1.29, 1.82) is 0 Å². The lowest BCUT2D eigenvalue weighted by molar-refractivity contribution is -0.124. The quantitative estimate of drug-likeness (QED) is 0.435. The first-order valence-electron chi connectivity index (χ1n) is 11.4. The van der Waals surface area contributed by atoms with E-state index in [9.17, 15) is 9.59 Å². The molecule has 2 aromatic carbocycles. The van der Waals surface area contributed by atoms with Gasteiger partial charge in [0.25, 0.3) is 5.56 Å². The van der Waals surface area contributed by atoms with E-state index in [1.165, 1.54) is 4.68 Å². The third kappa shape index (κ3) is 4.57. The highest BCUT2D eigenvalue weighted by molar-refractivity contribution is 5.84. The molecule has 0 aliphatic rings. The SMILES string of the molecule is CCOc1ccc(CCNC(=O)[C@H](C)n2nc(C)c3nn(-c4ccccc4)c(C)c3c2=O)cc1. The van der Waals surface area contributed by atoms with Gasteiger partial charge in [-0.15, -0.1) is 0 Å². The average Bonchev–Trinajstić information content (AvgIpc) is 3.20. The first kappa shape index (κ1) is 23.2. The summed E-state index contributed by atoms with van der Waals surface area (Å²) in [5, 5.41) is 12.4. The van der Waals surface area contributed by atoms with Crippen LogP contribution >= 0.6 is 0 Å². The van der Waals surface area contributed by atoms with Crippen LogP contribution in [0.1, 0.15) is 36.8 Å². The Morgan fingerprint density at radius 1 is 1.06 bits per heavy atom. The van der Waals surface area contributed by atoms with Crippen LogP contribution in [-0.2, 0) is 11.2 Å². The first-order valence-corrected chi connectivity index (χ1v) is 11.4. The average molecular weight is 460 g/mol. The third-order valence-electron chi connectivity index (χ3n) is 5.83. The van der Waals surface area contributed by atoms with E-state index in [4.69, 9.17) is 4.74 Å². The van der Waals surface area contributed by atoms with Gasteiger partial charge in [-0.3, -0.25) is 9.59 Å². The number of carbonyl (C=O) groups excluding carboxylic acids is 1. The molecule has 0 saturated heterocycles. The van der Waals surface area contributed by atoms with Crippen LogP contribution < -0.4 is 15.6 Å². The van der Waals surface area contributed by atoms with E-state index >= 15 is 0 Å². The number of aryl methyl sites for hydroxylation is 2. The molecule has 0 aliphatic carbocycles. The smallest absolute Gasteiger partial charge is 0.278 e. The number of rotatable bonds is 8. The molecule has 8 heteroatoms. The van der Waals surface area contributed by atoms with Crippen LogP contribution in [0.4, 0.5) is 0 Å². The van der Waals surface area contributed by atoms with Gasteiger partial charge in [0.05, 0.1) is 29.1 Å². The predicted molar refractivity (Wildman–Crippen MR) is 132 cm³/mol. The Morgan fingerprint density at radius 3 is 2.44 bits per heavy atom. The molecule has 0 unspecified atom stereocenters. The lowest BCUT2D eigenvalue weighted by Crippen LogP contribution is -2.38. The molecular formula is C26H29N5O3. The second kappa shape index (κ2) is 9.91. The molecule has 0 bridgehead atoms. The summed E-state index contributed by atoms with van der Waals surface area (Å²) in [5.74, 6) is 0.568. The fourth-order valence-electron chi connectivity index (χ4n) is 3.97. The van der Waals surface area contributed by atoms with Crippen molar-refractivity contribution in [2.24, 2.45) is 0 Å². The number of aromatic nitrogens is 4. The summed E-state index contributed by atoms with van der Waals surface area (Å²) < 4.78 is 8.46. The summed E-state index contributed by atoms with van der Waals surface area (Å²) in [6, 6.07) is 16.7. The van der Waals surface area contributed by atoms with Gasteiger partial charge < -0.3 is 10.1 Å². The van der Waals surface area contributed by atoms with E-state index in [2.05, 4.69) is 15.5 Å². The Hall–Kier alpha value is -3.94. The number of fused-ring (bicyclic) bond motifs is 1. The minimum Gasteiger partial charge on any atom is -0.494 e. The minimum atomic E-state index is -0.754. The lowest BCUT2D eigenvalue weighted by atomic mass is 10.1. The molecule has 0 spiro atoms. The minimum absolute atomic E-state index is 0.257. The van der Waals surface area contributed by atoms with Crippen LogP contribution in [0, 0.1) is 13.8 Å². The summed E-state index contributed by atoms with van der Waals surface area (Å²) in [6.45, 7) is 8.37. The Kier molecular flexibility index (Phi) is 6.77. The lowest BCUT2D eigenvalue weighted by Gasteiger charge is -2.15. The van der Waals surface area contributed by atoms with Crippen molar-refractivity contribution in [3.8, 4) is 11.4 Å². The number of benzene rings is 2. The summed E-state index contributed by atoms with van der Waals surface area (Å²) in [4.78, 5) is 26.2. The van der Waals surface area contributed by atoms with Gasteiger partial charge in [-0.2, -0.15) is 10.2 Å². The molecule has 0 fully saturated rings. The van der Waals surface area contributed by atoms with Crippen LogP contribution in [0.5, 0.6) is 5.75 Å². The van der Waals surface area contributed by atoms with E-state index in [1.807, 2.05) is 68.4 Å². The van der Waals surface area contributed by atoms with Gasteiger partial charge in [0.15, 0.2) is 0 Å². The number of nitrogens with zero attached hydrogens (tertiary/aromatic N) is 4. The van der Waals surface area contributed by atoms with Gasteiger partial charge in [-0.25, -0.2) is 9.36 Å². The van der Waals surface area contributed by atoms with Crippen LogP contribution in [0.2, 0.25) is 0 Å². The van der Waals surface area contributed by atoms with Crippen molar-refractivity contribution in [2.75, 3.05) is 13.2 Å². The van der Waals surface area contributed by atoms with E-state index in [0.29, 0.717) is 41.9 Å². The summed E-state index contributed by atoms with van der Waals surface area (Å²) in [6.07, 6.45) is 0.675. The number of hydrogen-bond acceptors (Lipinski definition) is 5. The van der Waals surface area contributed by atoms with Gasteiger partial charge in [0, 0.05) is 6.54 Å². The van der Waals surface area contributed by atoms with Gasteiger partial charge in [-0.1, -0.05) is 30.3 Å². The molecule has 4 rings (SSSR count). The van der Waals surface area contributed by atoms with Gasteiger partial charge in [0.1, 0.15) is 17.3 Å². The number of ether oxygens (including phenoxy) is 1. The van der Waals surface area contributed by atoms with Crippen LogP contribution in [0.3, 0.4) is 0 Å². The van der Waals surface area contributed by atoms with E-state index < -0.39 is 6.04 Å². The Bertz CT molecular complexity index is 1360. The number of carbonyl (C=O) groups is 1. The zero-order chi connectivity index (χ0) is 24.2. The number of hydrogen-bond donors (Lipinski definition) is 1. The molecule has 1 amide bonds. The molecule has 4 aromatic rings. The number of amides is 1. The van der Waals surface area contributed by atoms with Crippen molar-refractivity contribution >= 4 is 16.8 Å². The number of nitrogens with one attached hydrogen (secondary N) is 1. The standard InChI is InChI=1S/C26H29N5O3/c1-5-34-22-13-11-20(12-14-22)15-16-27-25(32)19(4)31-26(33)23-18(3)30(21-9-7-6-8-10-21)29-24(23)17(2)28-31/h6-14,19H,5,15-16H2,1-4H3,(H,27,32)/t19-/m0/s1. The summed E-state index contributed by atoms with van der Waals surface area (Å²) in [5.41, 5.74) is 3.49. The van der Waals surface area contributed by atoms with E-state index in [-0.39, 0.29) is 11.5 Å². The molecule has 8 nitrogen and oxygen atoms in total. The molecule has 2 aromatic heterocycles. The molecule has 0 radical (unpaired) electrons. The highest BCUT2D eigenvalue weighted by atomic mass is 16.5. The second-order valence-corrected chi connectivity index (χ2v) is 8.19. The monoisotopic (exact) mass is 459 g/mol. The van der Waals surface area contributed by atoms with Crippen molar-refractivity contribution in [3.05, 3.63) is 81.9 Å². The highest BCUT2D eigenvalue weighted by Crippen LogP contribution is 2.20. The Morgan fingerprint density at radius 2 is 1.76 bits per heavy atom. The maximum atomic E-state index is 13.3. The van der Waals surface area contributed by atoms with Crippen molar-refractivity contribution < 1.29 is 9.53 Å². The van der Waals surface area contributed by atoms with Gasteiger partial charge >= 0.3 is 0 Å². The van der Waals surface area contributed by atoms with Crippen LogP contribution in [-0.4, -0.2) is 38.6 Å². The van der Waals surface area contributed by atoms with Crippen LogP contribution in [0.15, 0.2) is 59.4 Å². The van der Waals surface area contributed by atoms with E-state index in [0.717, 1.165) is 17.0 Å².